The minimum absolute atomic E-state index is 0.0355. The highest BCUT2D eigenvalue weighted by molar-refractivity contribution is 5.89. The third-order valence-electron chi connectivity index (χ3n) is 4.32. The van der Waals surface area contributed by atoms with Crippen LogP contribution in [0.25, 0.3) is 6.08 Å². The summed E-state index contributed by atoms with van der Waals surface area (Å²) in [5.74, 6) is -0.489. The average molecular weight is 367 g/mol. The second kappa shape index (κ2) is 9.89. The van der Waals surface area contributed by atoms with E-state index in [4.69, 9.17) is 4.74 Å². The van der Waals surface area contributed by atoms with E-state index in [-0.39, 0.29) is 24.3 Å². The topological polar surface area (TPSA) is 64.6 Å². The molecule has 1 N–H and O–H groups in total. The molecular weight excluding hydrogens is 344 g/mol. The Morgan fingerprint density at radius 1 is 1.23 bits per heavy atom. The number of esters is 1. The number of carbonyl (C=O) groups excluding carboxylic acids is 2. The van der Waals surface area contributed by atoms with Crippen molar-refractivity contribution in [3.05, 3.63) is 35.9 Å². The molecule has 26 heavy (non-hydrogen) atoms. The molecule has 2 rings (SSSR count). The molecule has 0 unspecified atom stereocenters. The lowest BCUT2D eigenvalue weighted by molar-refractivity contribution is -0.144. The third-order valence-corrected chi connectivity index (χ3v) is 4.32. The van der Waals surface area contributed by atoms with E-state index < -0.39 is 12.6 Å². The zero-order chi connectivity index (χ0) is 18.9. The molecule has 142 valence electrons. The van der Waals surface area contributed by atoms with Gasteiger partial charge in [0.15, 0.2) is 6.61 Å². The number of ether oxygens (including phenoxy) is 2. The van der Waals surface area contributed by atoms with Crippen LogP contribution in [0, 0.1) is 5.92 Å². The number of alkyl halides is 2. The van der Waals surface area contributed by atoms with Gasteiger partial charge in [-0.2, -0.15) is 8.78 Å². The number of benzene rings is 1. The molecule has 1 amide bonds. The lowest BCUT2D eigenvalue weighted by Gasteiger charge is -2.29. The normalized spacial score (nSPS) is 20.2. The third kappa shape index (κ3) is 6.82. The van der Waals surface area contributed by atoms with Gasteiger partial charge < -0.3 is 14.8 Å². The molecule has 5 nitrogen and oxygen atoms in total. The highest BCUT2D eigenvalue weighted by Gasteiger charge is 2.22. The molecule has 0 bridgehead atoms. The minimum atomic E-state index is -2.88. The molecule has 0 spiro atoms. The molecule has 1 aromatic rings. The van der Waals surface area contributed by atoms with Crippen LogP contribution >= 0.6 is 0 Å². The zero-order valence-electron chi connectivity index (χ0n) is 14.6. The smallest absolute Gasteiger partial charge is 0.387 e. The highest BCUT2D eigenvalue weighted by atomic mass is 19.3. The van der Waals surface area contributed by atoms with Gasteiger partial charge in [-0.15, -0.1) is 0 Å². The maximum atomic E-state index is 12.1. The number of hydrogen-bond acceptors (Lipinski definition) is 4. The molecule has 7 heteroatoms. The van der Waals surface area contributed by atoms with Crippen LogP contribution in [0.1, 0.15) is 38.2 Å². The first-order valence-corrected chi connectivity index (χ1v) is 8.63. The van der Waals surface area contributed by atoms with Crippen LogP contribution in [0.5, 0.6) is 5.75 Å². The fourth-order valence-corrected chi connectivity index (χ4v) is 2.89. The minimum Gasteiger partial charge on any atom is -0.452 e. The molecule has 2 atom stereocenters. The van der Waals surface area contributed by atoms with Crippen LogP contribution in [0.15, 0.2) is 30.3 Å². The number of nitrogens with one attached hydrogen (secondary N) is 1. The van der Waals surface area contributed by atoms with Gasteiger partial charge in [-0.25, -0.2) is 4.79 Å². The van der Waals surface area contributed by atoms with Crippen molar-refractivity contribution in [2.24, 2.45) is 5.92 Å². The SMILES string of the molecule is C[C@H]1CCCC[C@H]1NC(=O)COC(=O)/C=C/c1ccc(OC(F)F)cc1. The lowest BCUT2D eigenvalue weighted by Crippen LogP contribution is -2.42. The van der Waals surface area contributed by atoms with Crippen molar-refractivity contribution in [2.75, 3.05) is 6.61 Å². The molecule has 1 aliphatic carbocycles. The van der Waals surface area contributed by atoms with Crippen molar-refractivity contribution in [1.29, 1.82) is 0 Å². The largest absolute Gasteiger partial charge is 0.452 e. The Labute approximate surface area is 151 Å². The van der Waals surface area contributed by atoms with Gasteiger partial charge in [-0.05, 0) is 42.5 Å². The van der Waals surface area contributed by atoms with Crippen LogP contribution in [-0.4, -0.2) is 31.1 Å². The number of amides is 1. The van der Waals surface area contributed by atoms with Gasteiger partial charge in [0, 0.05) is 12.1 Å². The van der Waals surface area contributed by atoms with Crippen molar-refractivity contribution in [2.45, 2.75) is 45.3 Å². The predicted molar refractivity (Wildman–Crippen MR) is 92.6 cm³/mol. The summed E-state index contributed by atoms with van der Waals surface area (Å²) in [4.78, 5) is 23.6. The lowest BCUT2D eigenvalue weighted by atomic mass is 9.86. The molecule has 0 radical (unpaired) electrons. The average Bonchev–Trinajstić information content (AvgIpc) is 2.61. The van der Waals surface area contributed by atoms with Gasteiger partial charge in [0.2, 0.25) is 0 Å². The predicted octanol–water partition coefficient (Wildman–Crippen LogP) is 3.54. The summed E-state index contributed by atoms with van der Waals surface area (Å²) in [6.45, 7) is -1.10. The van der Waals surface area contributed by atoms with Gasteiger partial charge in [0.05, 0.1) is 0 Å². The second-order valence-corrected chi connectivity index (χ2v) is 6.32. The van der Waals surface area contributed by atoms with Crippen molar-refractivity contribution >= 4 is 18.0 Å². The summed E-state index contributed by atoms with van der Waals surface area (Å²) >= 11 is 0. The Bertz CT molecular complexity index is 631. The summed E-state index contributed by atoms with van der Waals surface area (Å²) in [7, 11) is 0. The zero-order valence-corrected chi connectivity index (χ0v) is 14.6. The molecule has 1 saturated carbocycles. The maximum Gasteiger partial charge on any atom is 0.387 e. The summed E-state index contributed by atoms with van der Waals surface area (Å²) in [6.07, 6.45) is 6.97. The molecule has 1 aliphatic rings. The fourth-order valence-electron chi connectivity index (χ4n) is 2.89. The van der Waals surface area contributed by atoms with Gasteiger partial charge in [-0.1, -0.05) is 31.9 Å². The van der Waals surface area contributed by atoms with E-state index in [0.717, 1.165) is 19.3 Å². The summed E-state index contributed by atoms with van der Waals surface area (Å²) in [6, 6.07) is 5.93. The molecule has 1 aromatic carbocycles. The molecule has 0 aliphatic heterocycles. The van der Waals surface area contributed by atoms with Crippen LogP contribution < -0.4 is 10.1 Å². The Balaban J connectivity index is 1.73. The quantitative estimate of drug-likeness (QED) is 0.591. The molecule has 1 fully saturated rings. The van der Waals surface area contributed by atoms with Crippen LogP contribution in [0.3, 0.4) is 0 Å². The van der Waals surface area contributed by atoms with Crippen LogP contribution in [-0.2, 0) is 14.3 Å². The molecule has 0 aromatic heterocycles. The Morgan fingerprint density at radius 2 is 1.92 bits per heavy atom. The van der Waals surface area contributed by atoms with E-state index in [0.29, 0.717) is 11.5 Å². The van der Waals surface area contributed by atoms with Gasteiger partial charge in [0.25, 0.3) is 5.91 Å². The molecule has 0 saturated heterocycles. The molecular formula is C19H23F2NO4. The van der Waals surface area contributed by atoms with Gasteiger partial charge >= 0.3 is 12.6 Å². The van der Waals surface area contributed by atoms with E-state index in [1.54, 1.807) is 0 Å². The number of halogens is 2. The van der Waals surface area contributed by atoms with E-state index in [1.165, 1.54) is 42.8 Å². The monoisotopic (exact) mass is 367 g/mol. The summed E-state index contributed by atoms with van der Waals surface area (Å²) < 4.78 is 33.3. The van der Waals surface area contributed by atoms with Crippen molar-refractivity contribution in [3.8, 4) is 5.75 Å². The fraction of sp³-hybridized carbons (Fsp3) is 0.474. The second-order valence-electron chi connectivity index (χ2n) is 6.32. The Morgan fingerprint density at radius 3 is 2.58 bits per heavy atom. The highest BCUT2D eigenvalue weighted by Crippen LogP contribution is 2.23. The van der Waals surface area contributed by atoms with E-state index in [9.17, 15) is 18.4 Å². The first-order chi connectivity index (χ1) is 12.4. The van der Waals surface area contributed by atoms with E-state index in [1.807, 2.05) is 0 Å². The van der Waals surface area contributed by atoms with Crippen molar-refractivity contribution in [3.63, 3.8) is 0 Å². The molecule has 0 heterocycles. The van der Waals surface area contributed by atoms with Gasteiger partial charge in [0.1, 0.15) is 5.75 Å². The maximum absolute atomic E-state index is 12.1. The first-order valence-electron chi connectivity index (χ1n) is 8.63. The standard InChI is InChI=1S/C19H23F2NO4/c1-13-4-2-3-5-16(13)22-17(23)12-25-18(24)11-8-14-6-9-15(10-7-14)26-19(20)21/h6-11,13,16,19H,2-5,12H2,1H3,(H,22,23)/b11-8+/t13-,16+/m0/s1. The first kappa shape index (κ1) is 19.9. The van der Waals surface area contributed by atoms with E-state index >= 15 is 0 Å². The Kier molecular flexibility index (Phi) is 7.56. The van der Waals surface area contributed by atoms with Gasteiger partial charge in [-0.3, -0.25) is 4.79 Å². The van der Waals surface area contributed by atoms with Crippen LogP contribution in [0.4, 0.5) is 8.78 Å². The number of rotatable bonds is 7. The van der Waals surface area contributed by atoms with Crippen molar-refractivity contribution in [1.82, 2.24) is 5.32 Å². The summed E-state index contributed by atoms with van der Waals surface area (Å²) in [5.41, 5.74) is 0.615. The van der Waals surface area contributed by atoms with Crippen LogP contribution in [0.2, 0.25) is 0 Å². The summed E-state index contributed by atoms with van der Waals surface area (Å²) in [5, 5.41) is 2.90. The number of hydrogen-bond donors (Lipinski definition) is 1. The number of carbonyl (C=O) groups is 2. The van der Waals surface area contributed by atoms with E-state index in [2.05, 4.69) is 17.0 Å². The van der Waals surface area contributed by atoms with Crippen molar-refractivity contribution < 1.29 is 27.8 Å². The Hall–Kier alpha value is -2.44.